The Kier molecular flexibility index (Phi) is 4.75. The first kappa shape index (κ1) is 15.4. The maximum Gasteiger partial charge on any atom is 0.416 e. The molecule has 7 heteroatoms. The number of halogens is 4. The molecule has 1 N–H and O–H groups in total. The van der Waals surface area contributed by atoms with Crippen LogP contribution >= 0.6 is 11.6 Å². The van der Waals surface area contributed by atoms with Crippen LogP contribution in [0.15, 0.2) is 12.1 Å². The topological polar surface area (TPSA) is 36.4 Å². The minimum Gasteiger partial charge on any atom is -0.395 e. The lowest BCUT2D eigenvalue weighted by molar-refractivity contribution is -0.137. The van der Waals surface area contributed by atoms with Gasteiger partial charge in [-0.2, -0.15) is 13.2 Å². The summed E-state index contributed by atoms with van der Waals surface area (Å²) in [6.45, 7) is 0.126. The second-order valence-electron chi connectivity index (χ2n) is 4.89. The van der Waals surface area contributed by atoms with E-state index in [2.05, 4.69) is 4.98 Å². The van der Waals surface area contributed by atoms with E-state index in [0.717, 1.165) is 37.8 Å². The molecule has 1 aromatic rings. The number of aromatic nitrogens is 1. The number of nitrogens with zero attached hydrogens (tertiary/aromatic N) is 2. The van der Waals surface area contributed by atoms with Crippen molar-refractivity contribution in [3.05, 3.63) is 22.8 Å². The third kappa shape index (κ3) is 3.55. The predicted molar refractivity (Wildman–Crippen MR) is 70.9 cm³/mol. The molecule has 2 rings (SSSR count). The van der Waals surface area contributed by atoms with Crippen LogP contribution in [0.1, 0.15) is 31.2 Å². The van der Waals surface area contributed by atoms with E-state index in [1.807, 2.05) is 0 Å². The smallest absolute Gasteiger partial charge is 0.395 e. The molecule has 1 aromatic heterocycles. The van der Waals surface area contributed by atoms with E-state index >= 15 is 0 Å². The second kappa shape index (κ2) is 6.18. The molecular weight excluding hydrogens is 293 g/mol. The van der Waals surface area contributed by atoms with Crippen LogP contribution in [-0.4, -0.2) is 29.3 Å². The number of aliphatic hydroxyl groups excluding tert-OH is 1. The van der Waals surface area contributed by atoms with Gasteiger partial charge in [-0.1, -0.05) is 24.4 Å². The molecule has 0 spiro atoms. The minimum atomic E-state index is -4.46. The molecule has 1 saturated carbocycles. The molecule has 0 saturated heterocycles. The number of pyridine rings is 1. The average molecular weight is 309 g/mol. The van der Waals surface area contributed by atoms with Crippen LogP contribution in [0, 0.1) is 0 Å². The Morgan fingerprint density at radius 2 is 1.95 bits per heavy atom. The number of hydrogen-bond donors (Lipinski definition) is 1. The van der Waals surface area contributed by atoms with Gasteiger partial charge in [0.2, 0.25) is 0 Å². The third-order valence-corrected chi connectivity index (χ3v) is 3.70. The zero-order chi connectivity index (χ0) is 14.8. The SMILES string of the molecule is OCCN(c1cc(C(F)(F)F)cc(Cl)n1)C1CCCC1. The molecule has 0 atom stereocenters. The van der Waals surface area contributed by atoms with E-state index in [1.54, 1.807) is 4.90 Å². The number of aliphatic hydroxyl groups is 1. The van der Waals surface area contributed by atoms with Gasteiger partial charge < -0.3 is 10.0 Å². The van der Waals surface area contributed by atoms with E-state index < -0.39 is 11.7 Å². The Hall–Kier alpha value is -1.01. The molecule has 0 aliphatic heterocycles. The molecule has 20 heavy (non-hydrogen) atoms. The van der Waals surface area contributed by atoms with Gasteiger partial charge in [0.1, 0.15) is 11.0 Å². The Morgan fingerprint density at radius 1 is 1.30 bits per heavy atom. The monoisotopic (exact) mass is 308 g/mol. The summed E-state index contributed by atoms with van der Waals surface area (Å²) in [6.07, 6.45) is -0.578. The highest BCUT2D eigenvalue weighted by atomic mass is 35.5. The summed E-state index contributed by atoms with van der Waals surface area (Å²) >= 11 is 5.71. The number of rotatable bonds is 4. The summed E-state index contributed by atoms with van der Waals surface area (Å²) in [6, 6.07) is 1.94. The number of alkyl halides is 3. The van der Waals surface area contributed by atoms with E-state index in [1.165, 1.54) is 0 Å². The maximum atomic E-state index is 12.8. The highest BCUT2D eigenvalue weighted by molar-refractivity contribution is 6.29. The fourth-order valence-electron chi connectivity index (χ4n) is 2.60. The van der Waals surface area contributed by atoms with Crippen molar-refractivity contribution < 1.29 is 18.3 Å². The van der Waals surface area contributed by atoms with Crippen molar-refractivity contribution in [2.75, 3.05) is 18.1 Å². The summed E-state index contributed by atoms with van der Waals surface area (Å²) in [5.41, 5.74) is -0.812. The van der Waals surface area contributed by atoms with Crippen molar-refractivity contribution in [3.8, 4) is 0 Å². The fraction of sp³-hybridized carbons (Fsp3) is 0.615. The van der Waals surface area contributed by atoms with Gasteiger partial charge in [0.05, 0.1) is 12.2 Å². The second-order valence-corrected chi connectivity index (χ2v) is 5.28. The van der Waals surface area contributed by atoms with Gasteiger partial charge in [0.15, 0.2) is 0 Å². The first-order chi connectivity index (χ1) is 9.41. The summed E-state index contributed by atoms with van der Waals surface area (Å²) in [7, 11) is 0. The van der Waals surface area contributed by atoms with E-state index in [0.29, 0.717) is 0 Å². The number of anilines is 1. The van der Waals surface area contributed by atoms with Crippen LogP contribution in [0.3, 0.4) is 0 Å². The first-order valence-electron chi connectivity index (χ1n) is 6.54. The molecule has 112 valence electrons. The quantitative estimate of drug-likeness (QED) is 0.865. The van der Waals surface area contributed by atoms with Crippen LogP contribution in [0.25, 0.3) is 0 Å². The molecule has 1 aliphatic carbocycles. The third-order valence-electron chi connectivity index (χ3n) is 3.51. The molecule has 0 bridgehead atoms. The molecule has 1 fully saturated rings. The highest BCUT2D eigenvalue weighted by Gasteiger charge is 2.33. The average Bonchev–Trinajstić information content (AvgIpc) is 2.87. The largest absolute Gasteiger partial charge is 0.416 e. The van der Waals surface area contributed by atoms with Gasteiger partial charge in [-0.15, -0.1) is 0 Å². The van der Waals surface area contributed by atoms with Gasteiger partial charge in [0, 0.05) is 12.6 Å². The van der Waals surface area contributed by atoms with Crippen molar-refractivity contribution >= 4 is 17.4 Å². The van der Waals surface area contributed by atoms with Gasteiger partial charge in [-0.3, -0.25) is 0 Å². The Labute approximate surface area is 120 Å². The van der Waals surface area contributed by atoms with Crippen molar-refractivity contribution in [2.24, 2.45) is 0 Å². The van der Waals surface area contributed by atoms with E-state index in [-0.39, 0.29) is 30.2 Å². The van der Waals surface area contributed by atoms with E-state index in [9.17, 15) is 13.2 Å². The lowest BCUT2D eigenvalue weighted by Gasteiger charge is -2.30. The van der Waals surface area contributed by atoms with Gasteiger partial charge >= 0.3 is 6.18 Å². The highest BCUT2D eigenvalue weighted by Crippen LogP contribution is 2.34. The molecule has 0 unspecified atom stereocenters. The van der Waals surface area contributed by atoms with Gasteiger partial charge in [-0.05, 0) is 25.0 Å². The lowest BCUT2D eigenvalue weighted by Crippen LogP contribution is -2.36. The van der Waals surface area contributed by atoms with Crippen molar-refractivity contribution in [2.45, 2.75) is 37.9 Å². The maximum absolute atomic E-state index is 12.8. The first-order valence-corrected chi connectivity index (χ1v) is 6.92. The molecule has 0 amide bonds. The summed E-state index contributed by atoms with van der Waals surface area (Å²) in [5.74, 6) is 0.186. The molecular formula is C13H16ClF3N2O. The molecule has 1 aliphatic rings. The minimum absolute atomic E-state index is 0.120. The molecule has 0 radical (unpaired) electrons. The van der Waals surface area contributed by atoms with Crippen LogP contribution < -0.4 is 4.90 Å². The Bertz CT molecular complexity index is 461. The van der Waals surface area contributed by atoms with Gasteiger partial charge in [-0.25, -0.2) is 4.98 Å². The fourth-order valence-corrected chi connectivity index (χ4v) is 2.81. The Balaban J connectivity index is 2.34. The molecule has 1 heterocycles. The summed E-state index contributed by atoms with van der Waals surface area (Å²) in [4.78, 5) is 5.72. The summed E-state index contributed by atoms with van der Waals surface area (Å²) in [5, 5.41) is 8.95. The Morgan fingerprint density at radius 3 is 2.50 bits per heavy atom. The molecule has 3 nitrogen and oxygen atoms in total. The standard InChI is InChI=1S/C13H16ClF3N2O/c14-11-7-9(13(15,16)17)8-12(18-11)19(5-6-20)10-3-1-2-4-10/h7-8,10,20H,1-6H2. The lowest BCUT2D eigenvalue weighted by atomic mass is 10.2. The zero-order valence-electron chi connectivity index (χ0n) is 10.8. The van der Waals surface area contributed by atoms with Gasteiger partial charge in [0.25, 0.3) is 0 Å². The predicted octanol–water partition coefficient (Wildman–Crippen LogP) is 3.50. The number of hydrogen-bond acceptors (Lipinski definition) is 3. The van der Waals surface area contributed by atoms with E-state index in [4.69, 9.17) is 16.7 Å². The van der Waals surface area contributed by atoms with Crippen LogP contribution in [0.5, 0.6) is 0 Å². The normalized spacial score (nSPS) is 16.6. The van der Waals surface area contributed by atoms with Crippen molar-refractivity contribution in [1.29, 1.82) is 0 Å². The van der Waals surface area contributed by atoms with Crippen molar-refractivity contribution in [3.63, 3.8) is 0 Å². The zero-order valence-corrected chi connectivity index (χ0v) is 11.6. The van der Waals surface area contributed by atoms with Crippen LogP contribution in [-0.2, 0) is 6.18 Å². The van der Waals surface area contributed by atoms with Crippen molar-refractivity contribution in [1.82, 2.24) is 4.98 Å². The van der Waals surface area contributed by atoms with Crippen LogP contribution in [0.4, 0.5) is 19.0 Å². The molecule has 0 aromatic carbocycles. The van der Waals surface area contributed by atoms with Crippen LogP contribution in [0.2, 0.25) is 5.15 Å². The summed E-state index contributed by atoms with van der Waals surface area (Å²) < 4.78 is 38.5.